The largest absolute Gasteiger partial charge is 0.497 e. The Hall–Kier alpha value is -3.52. The first-order valence-electron chi connectivity index (χ1n) is 8.52. The summed E-state index contributed by atoms with van der Waals surface area (Å²) in [6.45, 7) is 0. The number of thiophene rings is 1. The zero-order valence-electron chi connectivity index (χ0n) is 15.1. The molecule has 2 aromatic carbocycles. The van der Waals surface area contributed by atoms with Crippen molar-refractivity contribution in [3.05, 3.63) is 82.2 Å². The predicted molar refractivity (Wildman–Crippen MR) is 107 cm³/mol. The molecule has 1 aromatic heterocycles. The zero-order valence-corrected chi connectivity index (χ0v) is 15.9. The molecule has 1 aliphatic rings. The van der Waals surface area contributed by atoms with E-state index in [9.17, 15) is 18.4 Å². The van der Waals surface area contributed by atoms with Crippen molar-refractivity contribution in [3.8, 4) is 5.75 Å². The highest BCUT2D eigenvalue weighted by atomic mass is 32.1. The lowest BCUT2D eigenvalue weighted by molar-refractivity contribution is -0.120. The second-order valence-corrected chi connectivity index (χ2v) is 7.07. The van der Waals surface area contributed by atoms with Gasteiger partial charge in [0.2, 0.25) is 0 Å². The summed E-state index contributed by atoms with van der Waals surface area (Å²) in [5, 5.41) is 4.77. The number of carbonyl (C=O) groups excluding carboxylic acids is 2. The van der Waals surface area contributed by atoms with Crippen LogP contribution in [0.1, 0.15) is 4.88 Å². The Morgan fingerprint density at radius 1 is 0.966 bits per heavy atom. The van der Waals surface area contributed by atoms with E-state index < -0.39 is 23.4 Å². The van der Waals surface area contributed by atoms with Gasteiger partial charge < -0.3 is 10.1 Å². The molecule has 0 saturated carbocycles. The summed E-state index contributed by atoms with van der Waals surface area (Å²) in [6.07, 6.45) is 0. The van der Waals surface area contributed by atoms with Crippen molar-refractivity contribution < 1.29 is 23.1 Å². The summed E-state index contributed by atoms with van der Waals surface area (Å²) in [6, 6.07) is 13.2. The minimum atomic E-state index is -1.14. The summed E-state index contributed by atoms with van der Waals surface area (Å²) in [5.74, 6) is -2.83. The number of anilines is 2. The zero-order chi connectivity index (χ0) is 20.5. The second kappa shape index (κ2) is 7.48. The fourth-order valence-electron chi connectivity index (χ4n) is 2.97. The third kappa shape index (κ3) is 3.38. The molecule has 0 radical (unpaired) electrons. The lowest BCUT2D eigenvalue weighted by Gasteiger charge is -2.15. The van der Waals surface area contributed by atoms with E-state index in [0.29, 0.717) is 16.3 Å². The molecule has 8 heteroatoms. The van der Waals surface area contributed by atoms with E-state index in [4.69, 9.17) is 4.74 Å². The van der Waals surface area contributed by atoms with E-state index >= 15 is 0 Å². The molecule has 5 nitrogen and oxygen atoms in total. The molecular weight excluding hydrogens is 398 g/mol. The van der Waals surface area contributed by atoms with E-state index in [0.717, 1.165) is 17.0 Å². The van der Waals surface area contributed by atoms with E-state index in [1.165, 1.54) is 17.4 Å². The maximum atomic E-state index is 13.7. The van der Waals surface area contributed by atoms with Crippen LogP contribution in [-0.4, -0.2) is 18.9 Å². The number of rotatable bonds is 5. The molecule has 2 amide bonds. The average Bonchev–Trinajstić information content (AvgIpc) is 3.32. The van der Waals surface area contributed by atoms with Gasteiger partial charge in [0, 0.05) is 16.6 Å². The van der Waals surface area contributed by atoms with Crippen LogP contribution in [0.3, 0.4) is 0 Å². The Morgan fingerprint density at radius 3 is 2.34 bits per heavy atom. The van der Waals surface area contributed by atoms with Gasteiger partial charge in [-0.3, -0.25) is 9.59 Å². The lowest BCUT2D eigenvalue weighted by Crippen LogP contribution is -2.32. The number of hydrogen-bond donors (Lipinski definition) is 1. The summed E-state index contributed by atoms with van der Waals surface area (Å²) >= 11 is 1.30. The monoisotopic (exact) mass is 412 g/mol. The van der Waals surface area contributed by atoms with Gasteiger partial charge in [-0.15, -0.1) is 11.3 Å². The van der Waals surface area contributed by atoms with Crippen LogP contribution in [0.15, 0.2) is 65.7 Å². The number of halogens is 2. The molecule has 0 bridgehead atoms. The minimum Gasteiger partial charge on any atom is -0.497 e. The minimum absolute atomic E-state index is 0.0421. The van der Waals surface area contributed by atoms with Crippen molar-refractivity contribution >= 4 is 40.1 Å². The number of carbonyl (C=O) groups is 2. The van der Waals surface area contributed by atoms with E-state index in [-0.39, 0.29) is 17.0 Å². The lowest BCUT2D eigenvalue weighted by atomic mass is 10.2. The van der Waals surface area contributed by atoms with Crippen LogP contribution in [-0.2, 0) is 9.59 Å². The van der Waals surface area contributed by atoms with Crippen LogP contribution in [0.2, 0.25) is 0 Å². The molecule has 1 N–H and O–H groups in total. The normalized spacial score (nSPS) is 14.0. The van der Waals surface area contributed by atoms with Crippen LogP contribution in [0.25, 0.3) is 5.57 Å². The van der Waals surface area contributed by atoms with Gasteiger partial charge in [0.1, 0.15) is 11.4 Å². The fourth-order valence-corrected chi connectivity index (χ4v) is 3.74. The number of ether oxygens (including phenoxy) is 1. The predicted octanol–water partition coefficient (Wildman–Crippen LogP) is 4.43. The molecule has 0 fully saturated rings. The van der Waals surface area contributed by atoms with Gasteiger partial charge >= 0.3 is 0 Å². The number of imide groups is 1. The Bertz CT molecular complexity index is 1130. The highest BCUT2D eigenvalue weighted by Gasteiger charge is 2.41. The second-order valence-electron chi connectivity index (χ2n) is 6.12. The van der Waals surface area contributed by atoms with Crippen LogP contribution in [0.4, 0.5) is 20.2 Å². The number of amides is 2. The Balaban J connectivity index is 1.76. The summed E-state index contributed by atoms with van der Waals surface area (Å²) in [7, 11) is 1.54. The van der Waals surface area contributed by atoms with Crippen molar-refractivity contribution in [2.24, 2.45) is 0 Å². The van der Waals surface area contributed by atoms with Crippen molar-refractivity contribution in [1.82, 2.24) is 0 Å². The van der Waals surface area contributed by atoms with Crippen LogP contribution < -0.4 is 15.0 Å². The smallest absolute Gasteiger partial charge is 0.282 e. The molecule has 146 valence electrons. The van der Waals surface area contributed by atoms with Crippen molar-refractivity contribution in [1.29, 1.82) is 0 Å². The Morgan fingerprint density at radius 2 is 1.72 bits per heavy atom. The number of methoxy groups -OCH3 is 1. The quantitative estimate of drug-likeness (QED) is 0.630. The SMILES string of the molecule is COc1ccc(NC2=C(c3cccs3)C(=O)N(c3ccc(F)c(F)c3)C2=O)cc1. The van der Waals surface area contributed by atoms with Crippen molar-refractivity contribution in [2.75, 3.05) is 17.3 Å². The number of nitrogens with one attached hydrogen (secondary N) is 1. The maximum Gasteiger partial charge on any atom is 0.282 e. The first-order valence-corrected chi connectivity index (χ1v) is 9.40. The molecule has 29 heavy (non-hydrogen) atoms. The Labute approximate surface area is 168 Å². The third-order valence-corrected chi connectivity index (χ3v) is 5.26. The molecule has 0 atom stereocenters. The molecule has 0 aliphatic carbocycles. The van der Waals surface area contributed by atoms with Gasteiger partial charge in [0.15, 0.2) is 11.6 Å². The van der Waals surface area contributed by atoms with Crippen molar-refractivity contribution in [3.63, 3.8) is 0 Å². The third-order valence-electron chi connectivity index (χ3n) is 4.37. The van der Waals surface area contributed by atoms with Gasteiger partial charge in [0.25, 0.3) is 11.8 Å². The molecule has 2 heterocycles. The number of benzene rings is 2. The summed E-state index contributed by atoms with van der Waals surface area (Å²) in [5.41, 5.74) is 0.764. The van der Waals surface area contributed by atoms with Gasteiger partial charge in [-0.25, -0.2) is 13.7 Å². The molecule has 0 unspecified atom stereocenters. The highest BCUT2D eigenvalue weighted by Crippen LogP contribution is 2.36. The average molecular weight is 412 g/mol. The van der Waals surface area contributed by atoms with Crippen molar-refractivity contribution in [2.45, 2.75) is 0 Å². The van der Waals surface area contributed by atoms with Gasteiger partial charge in [0.05, 0.1) is 18.4 Å². The standard InChI is InChI=1S/C21H14F2N2O3S/c1-28-14-7-4-12(5-8-14)24-19-18(17-3-2-10-29-17)20(26)25(21(19)27)13-6-9-15(22)16(23)11-13/h2-11,24H,1H3. The summed E-state index contributed by atoms with van der Waals surface area (Å²) < 4.78 is 32.1. The van der Waals surface area contributed by atoms with E-state index in [1.807, 2.05) is 0 Å². The molecule has 0 saturated heterocycles. The van der Waals surface area contributed by atoms with Gasteiger partial charge in [-0.1, -0.05) is 6.07 Å². The topological polar surface area (TPSA) is 58.6 Å². The molecule has 3 aromatic rings. The molecule has 0 spiro atoms. The molecule has 1 aliphatic heterocycles. The van der Waals surface area contributed by atoms with E-state index in [2.05, 4.69) is 5.32 Å². The van der Waals surface area contributed by atoms with Gasteiger partial charge in [-0.2, -0.15) is 0 Å². The van der Waals surface area contributed by atoms with E-state index in [1.54, 1.807) is 48.9 Å². The van der Waals surface area contributed by atoms with Crippen LogP contribution in [0.5, 0.6) is 5.75 Å². The maximum absolute atomic E-state index is 13.7. The number of hydrogen-bond acceptors (Lipinski definition) is 5. The first-order chi connectivity index (χ1) is 14.0. The highest BCUT2D eigenvalue weighted by molar-refractivity contribution is 7.11. The molecule has 4 rings (SSSR count). The van der Waals surface area contributed by atoms with Crippen LogP contribution >= 0.6 is 11.3 Å². The fraction of sp³-hybridized carbons (Fsp3) is 0.0476. The van der Waals surface area contributed by atoms with Gasteiger partial charge in [-0.05, 0) is 47.8 Å². The Kier molecular flexibility index (Phi) is 4.85. The summed E-state index contributed by atoms with van der Waals surface area (Å²) in [4.78, 5) is 27.6. The first kappa shape index (κ1) is 18.8. The molecular formula is C21H14F2N2O3S. The number of nitrogens with zero attached hydrogens (tertiary/aromatic N) is 1. The van der Waals surface area contributed by atoms with Crippen LogP contribution in [0, 0.1) is 11.6 Å².